The van der Waals surface area contributed by atoms with Crippen LogP contribution in [0.3, 0.4) is 0 Å². The van der Waals surface area contributed by atoms with Gasteiger partial charge in [0.25, 0.3) is 0 Å². The zero-order valence-electron chi connectivity index (χ0n) is 19.2. The minimum Gasteiger partial charge on any atom is -0.370 e. The van der Waals surface area contributed by atoms with Crippen LogP contribution in [0.5, 0.6) is 0 Å². The summed E-state index contributed by atoms with van der Waals surface area (Å²) in [6.45, 7) is 0.860. The molecular formula is C23H35N8O3. The summed E-state index contributed by atoms with van der Waals surface area (Å²) in [5, 5.41) is 16.1. The molecule has 0 spiro atoms. The molecule has 0 bridgehead atoms. The average Bonchev–Trinajstić information content (AvgIpc) is 3.22. The van der Waals surface area contributed by atoms with Gasteiger partial charge in [0, 0.05) is 23.6 Å². The summed E-state index contributed by atoms with van der Waals surface area (Å²) in [4.78, 5) is 40.1. The Morgan fingerprint density at radius 1 is 1.09 bits per heavy atom. The highest BCUT2D eigenvalue weighted by molar-refractivity contribution is 5.91. The molecule has 11 N–H and O–H groups in total. The third-order valence-corrected chi connectivity index (χ3v) is 5.48. The molecule has 0 saturated heterocycles. The SMILES string of the molecule is N=C(N)NCCC[C@@H]([C]=O)NC(=O)[C@H](CCCCN)NC(=O)[C@@H](N)Cc1c[nH]c2ccccc12. The van der Waals surface area contributed by atoms with E-state index in [2.05, 4.69) is 20.9 Å². The van der Waals surface area contributed by atoms with Gasteiger partial charge in [-0.3, -0.25) is 19.8 Å². The lowest BCUT2D eigenvalue weighted by Crippen LogP contribution is -2.54. The van der Waals surface area contributed by atoms with Crippen molar-refractivity contribution in [2.24, 2.45) is 17.2 Å². The number of carbonyl (C=O) groups is 2. The number of hydrogen-bond acceptors (Lipinski definition) is 6. The first kappa shape index (κ1) is 26.8. The van der Waals surface area contributed by atoms with Gasteiger partial charge in [-0.1, -0.05) is 18.2 Å². The standard InChI is InChI=1S/C23H35N8O3/c24-10-4-3-9-20(22(34)30-16(14-32)6-5-11-28-23(26)27)31-21(33)18(25)12-15-13-29-19-8-2-1-7-17(15)19/h1-2,7-8,13,16,18,20,29H,3-6,9-12,24-25H2,(H,30,34)(H,31,33)(H4,26,27,28)/t16-,18-,20-/m0/s1. The number of carbonyl (C=O) groups excluding carboxylic acids is 3. The Hall–Kier alpha value is -3.44. The largest absolute Gasteiger partial charge is 0.370 e. The predicted molar refractivity (Wildman–Crippen MR) is 132 cm³/mol. The van der Waals surface area contributed by atoms with Gasteiger partial charge < -0.3 is 38.1 Å². The number of benzene rings is 1. The first-order valence-electron chi connectivity index (χ1n) is 11.4. The van der Waals surface area contributed by atoms with Crippen LogP contribution >= 0.6 is 0 Å². The molecule has 185 valence electrons. The maximum atomic E-state index is 12.8. The van der Waals surface area contributed by atoms with Crippen LogP contribution in [0.15, 0.2) is 30.5 Å². The lowest BCUT2D eigenvalue weighted by molar-refractivity contribution is -0.130. The highest BCUT2D eigenvalue weighted by atomic mass is 16.2. The second-order valence-corrected chi connectivity index (χ2v) is 8.18. The van der Waals surface area contributed by atoms with E-state index in [1.807, 2.05) is 36.7 Å². The molecule has 0 aliphatic rings. The molecule has 0 unspecified atom stereocenters. The molecular weight excluding hydrogens is 436 g/mol. The smallest absolute Gasteiger partial charge is 0.243 e. The van der Waals surface area contributed by atoms with Crippen molar-refractivity contribution >= 4 is 35.0 Å². The number of guanidine groups is 1. The predicted octanol–water partition coefficient (Wildman–Crippen LogP) is -0.491. The van der Waals surface area contributed by atoms with E-state index in [0.29, 0.717) is 51.6 Å². The van der Waals surface area contributed by atoms with Crippen LogP contribution in [-0.4, -0.2) is 60.3 Å². The summed E-state index contributed by atoms with van der Waals surface area (Å²) in [6, 6.07) is 5.20. The fourth-order valence-electron chi connectivity index (χ4n) is 3.63. The number of H-pyrrole nitrogens is 1. The summed E-state index contributed by atoms with van der Waals surface area (Å²) >= 11 is 0. The quantitative estimate of drug-likeness (QED) is 0.0970. The molecule has 3 atom stereocenters. The van der Waals surface area contributed by atoms with Gasteiger partial charge in [0.1, 0.15) is 6.04 Å². The Morgan fingerprint density at radius 2 is 1.85 bits per heavy atom. The van der Waals surface area contributed by atoms with Gasteiger partial charge in [-0.15, -0.1) is 0 Å². The van der Waals surface area contributed by atoms with Crippen LogP contribution in [0.2, 0.25) is 0 Å². The summed E-state index contributed by atoms with van der Waals surface area (Å²) in [5.74, 6) is -1.09. The molecule has 1 aromatic carbocycles. The molecule has 1 aromatic heterocycles. The first-order valence-corrected chi connectivity index (χ1v) is 11.4. The first-order chi connectivity index (χ1) is 16.3. The highest BCUT2D eigenvalue weighted by Crippen LogP contribution is 2.18. The topological polar surface area (TPSA) is 205 Å². The van der Waals surface area contributed by atoms with Crippen LogP contribution in [0.4, 0.5) is 0 Å². The average molecular weight is 472 g/mol. The molecule has 1 heterocycles. The number of unbranched alkanes of at least 4 members (excludes halogenated alkanes) is 1. The molecule has 11 nitrogen and oxygen atoms in total. The monoisotopic (exact) mass is 471 g/mol. The molecule has 2 aromatic rings. The zero-order chi connectivity index (χ0) is 24.9. The minimum absolute atomic E-state index is 0.165. The summed E-state index contributed by atoms with van der Waals surface area (Å²) in [5.41, 5.74) is 18.8. The second kappa shape index (κ2) is 14.0. The van der Waals surface area contributed by atoms with Gasteiger partial charge >= 0.3 is 0 Å². The number of hydrogen-bond donors (Lipinski definition) is 8. The third kappa shape index (κ3) is 8.49. The van der Waals surface area contributed by atoms with E-state index >= 15 is 0 Å². The van der Waals surface area contributed by atoms with Gasteiger partial charge in [0.2, 0.25) is 18.1 Å². The molecule has 0 saturated carbocycles. The third-order valence-electron chi connectivity index (χ3n) is 5.48. The number of amides is 2. The number of fused-ring (bicyclic) bond motifs is 1. The fraction of sp³-hybridized carbons (Fsp3) is 0.478. The minimum atomic E-state index is -0.852. The zero-order valence-corrected chi connectivity index (χ0v) is 19.2. The summed E-state index contributed by atoms with van der Waals surface area (Å²) in [7, 11) is 0. The Bertz CT molecular complexity index is 961. The van der Waals surface area contributed by atoms with Crippen molar-refractivity contribution in [1.82, 2.24) is 20.9 Å². The van der Waals surface area contributed by atoms with E-state index in [1.165, 1.54) is 0 Å². The van der Waals surface area contributed by atoms with Crippen LogP contribution in [0.1, 0.15) is 37.7 Å². The van der Waals surface area contributed by atoms with Crippen molar-refractivity contribution in [2.75, 3.05) is 13.1 Å². The number of para-hydroxylation sites is 1. The Kier molecular flexibility index (Phi) is 11.0. The van der Waals surface area contributed by atoms with E-state index in [9.17, 15) is 14.4 Å². The lowest BCUT2D eigenvalue weighted by Gasteiger charge is -2.22. The molecule has 0 fully saturated rings. The van der Waals surface area contributed by atoms with Crippen molar-refractivity contribution in [1.29, 1.82) is 5.41 Å². The number of nitrogens with one attached hydrogen (secondary N) is 5. The Labute approximate surface area is 199 Å². The van der Waals surface area contributed by atoms with Crippen molar-refractivity contribution < 1.29 is 14.4 Å². The molecule has 34 heavy (non-hydrogen) atoms. The van der Waals surface area contributed by atoms with E-state index in [4.69, 9.17) is 22.6 Å². The molecule has 2 amide bonds. The molecule has 2 rings (SSSR count). The number of aromatic nitrogens is 1. The van der Waals surface area contributed by atoms with Crippen molar-refractivity contribution in [3.63, 3.8) is 0 Å². The maximum Gasteiger partial charge on any atom is 0.243 e. The second-order valence-electron chi connectivity index (χ2n) is 8.18. The Balaban J connectivity index is 1.96. The number of rotatable bonds is 15. The number of aromatic amines is 1. The van der Waals surface area contributed by atoms with E-state index in [0.717, 1.165) is 16.5 Å². The van der Waals surface area contributed by atoms with Gasteiger partial charge in [-0.25, -0.2) is 0 Å². The number of nitrogens with two attached hydrogens (primary N) is 3. The lowest BCUT2D eigenvalue weighted by atomic mass is 10.0. The molecule has 11 heteroatoms. The Morgan fingerprint density at radius 3 is 2.56 bits per heavy atom. The maximum absolute atomic E-state index is 12.8. The van der Waals surface area contributed by atoms with E-state index in [-0.39, 0.29) is 5.96 Å². The van der Waals surface area contributed by atoms with E-state index in [1.54, 1.807) is 0 Å². The van der Waals surface area contributed by atoms with Crippen molar-refractivity contribution in [3.05, 3.63) is 36.0 Å². The molecule has 0 aliphatic heterocycles. The van der Waals surface area contributed by atoms with Gasteiger partial charge in [-0.2, -0.15) is 0 Å². The van der Waals surface area contributed by atoms with Crippen LogP contribution in [0, 0.1) is 5.41 Å². The van der Waals surface area contributed by atoms with Crippen LogP contribution in [0.25, 0.3) is 10.9 Å². The van der Waals surface area contributed by atoms with E-state index < -0.39 is 29.9 Å². The summed E-state index contributed by atoms with van der Waals surface area (Å²) in [6.07, 6.45) is 6.46. The van der Waals surface area contributed by atoms with Gasteiger partial charge in [0.05, 0.1) is 12.1 Å². The van der Waals surface area contributed by atoms with Gasteiger partial charge in [0.15, 0.2) is 5.96 Å². The van der Waals surface area contributed by atoms with Crippen LogP contribution < -0.4 is 33.2 Å². The normalized spacial score (nSPS) is 13.6. The molecule has 0 aliphatic carbocycles. The fourth-order valence-corrected chi connectivity index (χ4v) is 3.63. The summed E-state index contributed by atoms with van der Waals surface area (Å²) < 4.78 is 0. The van der Waals surface area contributed by atoms with Crippen molar-refractivity contribution in [3.8, 4) is 0 Å². The highest BCUT2D eigenvalue weighted by Gasteiger charge is 2.26. The molecule has 1 radical (unpaired) electrons. The van der Waals surface area contributed by atoms with Crippen LogP contribution in [-0.2, 0) is 20.8 Å². The van der Waals surface area contributed by atoms with Gasteiger partial charge in [-0.05, 0) is 56.7 Å². The van der Waals surface area contributed by atoms with Crippen molar-refractivity contribution in [2.45, 2.75) is 56.7 Å².